The smallest absolute Gasteiger partial charge is 0.407 e. The largest absolute Gasteiger partial charge is 0.627 e. The molecule has 0 saturated heterocycles. The number of esters is 1. The molecule has 0 radical (unpaired) electrons. The van der Waals surface area contributed by atoms with Crippen molar-refractivity contribution in [2.45, 2.75) is 78.6 Å². The van der Waals surface area contributed by atoms with Gasteiger partial charge in [0.05, 0.1) is 31.3 Å². The quantitative estimate of drug-likeness (QED) is 0.198. The van der Waals surface area contributed by atoms with Crippen LogP contribution >= 0.6 is 23.2 Å². The van der Waals surface area contributed by atoms with E-state index in [1.54, 1.807) is 53.7 Å². The molecule has 1 rings (SSSR count). The van der Waals surface area contributed by atoms with Crippen LogP contribution in [0.2, 0.25) is 0 Å². The van der Waals surface area contributed by atoms with E-state index in [1.807, 2.05) is 13.0 Å². The highest BCUT2D eigenvalue weighted by Crippen LogP contribution is 2.27. The van der Waals surface area contributed by atoms with Gasteiger partial charge in [-0.1, -0.05) is 6.07 Å². The lowest BCUT2D eigenvalue weighted by molar-refractivity contribution is -0.155. The number of quaternary nitrogens is 1. The summed E-state index contributed by atoms with van der Waals surface area (Å²) in [4.78, 5) is 25.0. The predicted molar refractivity (Wildman–Crippen MR) is 135 cm³/mol. The lowest BCUT2D eigenvalue weighted by Crippen LogP contribution is -2.46. The Hall–Kier alpha value is -1.54. The van der Waals surface area contributed by atoms with Crippen LogP contribution in [-0.2, 0) is 20.7 Å². The Kier molecular flexibility index (Phi) is 10.9. The first-order valence-corrected chi connectivity index (χ1v) is 12.2. The number of nitrogens with one attached hydrogen (secondary N) is 1. The Morgan fingerprint density at radius 3 is 2.06 bits per heavy atom. The lowest BCUT2D eigenvalue weighted by atomic mass is 9.98. The van der Waals surface area contributed by atoms with Crippen LogP contribution in [-0.4, -0.2) is 54.2 Å². The van der Waals surface area contributed by atoms with Crippen molar-refractivity contribution in [3.8, 4) is 0 Å². The normalized spacial score (nSPS) is 13.4. The molecule has 0 saturated carbocycles. The monoisotopic (exact) mass is 504 g/mol. The molecule has 0 spiro atoms. The molecule has 33 heavy (non-hydrogen) atoms. The van der Waals surface area contributed by atoms with Crippen molar-refractivity contribution in [2.75, 3.05) is 24.8 Å². The minimum Gasteiger partial charge on any atom is -0.627 e. The number of carbonyl (C=O) groups is 2. The number of alkyl carbamates (subject to hydrolysis) is 1. The third kappa shape index (κ3) is 11.0. The van der Waals surface area contributed by atoms with Gasteiger partial charge in [0, 0.05) is 12.1 Å². The maximum atomic E-state index is 13.3. The zero-order chi connectivity index (χ0) is 25.4. The number of hydrogen-bond acceptors (Lipinski definition) is 5. The number of aryl methyl sites for hydroxylation is 1. The molecular formula is C24H38Cl2N2O5. The van der Waals surface area contributed by atoms with E-state index in [0.717, 1.165) is 11.1 Å². The number of hydroxylamine groups is 2. The lowest BCUT2D eigenvalue weighted by Gasteiger charge is -2.41. The summed E-state index contributed by atoms with van der Waals surface area (Å²) in [6, 6.07) is 4.85. The van der Waals surface area contributed by atoms with Crippen molar-refractivity contribution in [3.63, 3.8) is 0 Å². The van der Waals surface area contributed by atoms with Crippen molar-refractivity contribution in [1.82, 2.24) is 9.96 Å². The number of hydrogen-bond donors (Lipinski definition) is 1. The van der Waals surface area contributed by atoms with Crippen molar-refractivity contribution < 1.29 is 19.1 Å². The summed E-state index contributed by atoms with van der Waals surface area (Å²) in [5.41, 5.74) is 0.970. The van der Waals surface area contributed by atoms with E-state index in [4.69, 9.17) is 32.7 Å². The summed E-state index contributed by atoms with van der Waals surface area (Å²) in [7, 11) is 0. The number of amides is 1. The molecule has 7 nitrogen and oxygen atoms in total. The van der Waals surface area contributed by atoms with Crippen LogP contribution in [0.1, 0.15) is 59.1 Å². The van der Waals surface area contributed by atoms with Crippen LogP contribution in [0.3, 0.4) is 0 Å². The standard InChI is InChI=1S/C24H38Cl2N2O5/c1-17-8-9-20(28(31,12-10-25)13-11-26)15-18(17)14-19(16-21(29)32-23(2,3)4)27-22(30)33-24(5,6)7/h8-9,15,19H,10-14,16H2,1-7H3,(H,27,30)/t19-/m1/s1. The summed E-state index contributed by atoms with van der Waals surface area (Å²) < 4.78 is 10.2. The summed E-state index contributed by atoms with van der Waals surface area (Å²) in [5, 5.41) is 16.1. The van der Waals surface area contributed by atoms with Gasteiger partial charge >= 0.3 is 12.1 Å². The summed E-state index contributed by atoms with van der Waals surface area (Å²) in [6.45, 7) is 13.0. The number of ether oxygens (including phenoxy) is 2. The van der Waals surface area contributed by atoms with Crippen molar-refractivity contribution in [3.05, 3.63) is 34.5 Å². The molecule has 1 amide bonds. The molecule has 0 aromatic heterocycles. The average Bonchev–Trinajstić information content (AvgIpc) is 2.60. The first kappa shape index (κ1) is 29.5. The Morgan fingerprint density at radius 1 is 1.03 bits per heavy atom. The van der Waals surface area contributed by atoms with Gasteiger partial charge < -0.3 is 24.6 Å². The summed E-state index contributed by atoms with van der Waals surface area (Å²) >= 11 is 11.8. The number of carbonyl (C=O) groups excluding carboxylic acids is 2. The maximum absolute atomic E-state index is 13.3. The average molecular weight is 505 g/mol. The number of halogens is 2. The van der Waals surface area contributed by atoms with E-state index in [-0.39, 0.29) is 31.3 Å². The molecule has 0 unspecified atom stereocenters. The van der Waals surface area contributed by atoms with Gasteiger partial charge in [-0.05, 0) is 72.1 Å². The molecule has 0 aliphatic heterocycles. The molecule has 0 aliphatic rings. The first-order valence-electron chi connectivity index (χ1n) is 11.1. The molecule has 188 valence electrons. The van der Waals surface area contributed by atoms with E-state index >= 15 is 0 Å². The molecule has 9 heteroatoms. The fraction of sp³-hybridized carbons (Fsp3) is 0.667. The summed E-state index contributed by atoms with van der Waals surface area (Å²) in [5.74, 6) is -0.0357. The van der Waals surface area contributed by atoms with E-state index in [0.29, 0.717) is 12.1 Å². The first-order chi connectivity index (χ1) is 15.1. The van der Waals surface area contributed by atoms with Gasteiger partial charge in [-0.25, -0.2) is 4.79 Å². The second-order valence-corrected chi connectivity index (χ2v) is 10.9. The highest BCUT2D eigenvalue weighted by molar-refractivity contribution is 6.18. The fourth-order valence-corrected chi connectivity index (χ4v) is 3.82. The number of nitrogens with zero attached hydrogens (tertiary/aromatic N) is 1. The Morgan fingerprint density at radius 2 is 1.58 bits per heavy atom. The number of rotatable bonds is 10. The minimum atomic E-state index is -0.681. The highest BCUT2D eigenvalue weighted by atomic mass is 35.5. The topological polar surface area (TPSA) is 87.7 Å². The molecule has 0 aliphatic carbocycles. The van der Waals surface area contributed by atoms with Crippen molar-refractivity contribution >= 4 is 41.0 Å². The third-order valence-corrected chi connectivity index (χ3v) is 5.05. The zero-order valence-electron chi connectivity index (χ0n) is 20.8. The van der Waals surface area contributed by atoms with Gasteiger partial charge in [0.25, 0.3) is 0 Å². The SMILES string of the molecule is Cc1ccc([N+]([O-])(CCCl)CCCl)cc1C[C@H](CC(=O)OC(C)(C)C)NC(=O)OC(C)(C)C. The van der Waals surface area contributed by atoms with Gasteiger partial charge in [-0.2, -0.15) is 0 Å². The Balaban J connectivity index is 3.21. The maximum Gasteiger partial charge on any atom is 0.407 e. The molecular weight excluding hydrogens is 467 g/mol. The van der Waals surface area contributed by atoms with Gasteiger partial charge in [0.15, 0.2) is 0 Å². The predicted octanol–water partition coefficient (Wildman–Crippen LogP) is 5.45. The van der Waals surface area contributed by atoms with E-state index < -0.39 is 34.0 Å². The molecule has 0 bridgehead atoms. The van der Waals surface area contributed by atoms with Crippen LogP contribution in [0, 0.1) is 12.1 Å². The second-order valence-electron chi connectivity index (χ2n) is 10.2. The molecule has 0 fully saturated rings. The minimum absolute atomic E-state index is 0.0408. The van der Waals surface area contributed by atoms with Crippen molar-refractivity contribution in [1.29, 1.82) is 0 Å². The van der Waals surface area contributed by atoms with E-state index in [9.17, 15) is 14.8 Å². The van der Waals surface area contributed by atoms with Crippen LogP contribution in [0.5, 0.6) is 0 Å². The van der Waals surface area contributed by atoms with Gasteiger partial charge in [-0.3, -0.25) is 4.79 Å². The van der Waals surface area contributed by atoms with Crippen LogP contribution in [0.15, 0.2) is 18.2 Å². The van der Waals surface area contributed by atoms with Gasteiger partial charge in [-0.15, -0.1) is 23.2 Å². The van der Waals surface area contributed by atoms with Crippen LogP contribution < -0.4 is 9.96 Å². The number of benzene rings is 1. The second kappa shape index (κ2) is 12.2. The zero-order valence-corrected chi connectivity index (χ0v) is 22.3. The third-order valence-electron chi connectivity index (χ3n) is 4.71. The Bertz CT molecular complexity index is 767. The van der Waals surface area contributed by atoms with Gasteiger partial charge in [0.1, 0.15) is 16.9 Å². The van der Waals surface area contributed by atoms with Crippen molar-refractivity contribution in [2.24, 2.45) is 0 Å². The van der Waals surface area contributed by atoms with E-state index in [1.165, 1.54) is 0 Å². The highest BCUT2D eigenvalue weighted by Gasteiger charge is 2.26. The molecule has 1 N–H and O–H groups in total. The Labute approximate surface area is 207 Å². The van der Waals surface area contributed by atoms with E-state index in [2.05, 4.69) is 5.32 Å². The number of alkyl halides is 2. The molecule has 0 heterocycles. The molecule has 1 atom stereocenters. The fourth-order valence-electron chi connectivity index (χ4n) is 3.27. The molecule has 1 aromatic carbocycles. The van der Waals surface area contributed by atoms with Gasteiger partial charge in [0.2, 0.25) is 0 Å². The van der Waals surface area contributed by atoms with Crippen LogP contribution in [0.25, 0.3) is 0 Å². The summed E-state index contributed by atoms with van der Waals surface area (Å²) in [6.07, 6.45) is -0.344. The van der Waals surface area contributed by atoms with Crippen LogP contribution in [0.4, 0.5) is 10.5 Å². The molecule has 1 aromatic rings.